The molecule has 1 aromatic carbocycles. The fourth-order valence-corrected chi connectivity index (χ4v) is 0.628. The second-order valence-corrected chi connectivity index (χ2v) is 1.80. The van der Waals surface area contributed by atoms with E-state index in [1.165, 1.54) is 0 Å². The van der Waals surface area contributed by atoms with Gasteiger partial charge in [-0.2, -0.15) is 0 Å². The fourth-order valence-electron chi connectivity index (χ4n) is 0.628. The molecule has 3 heteroatoms. The molecule has 2 N–H and O–H groups in total. The summed E-state index contributed by atoms with van der Waals surface area (Å²) in [5, 5.41) is 11.8. The van der Waals surface area contributed by atoms with Gasteiger partial charge in [-0.15, -0.1) is 0 Å². The fraction of sp³-hybridized carbons (Fsp3) is 0.143. The van der Waals surface area contributed by atoms with Gasteiger partial charge in [0, 0.05) is 12.7 Å². The SMILES string of the molecule is CNc1ccc(O)cc1.[H-].[Na+]. The van der Waals surface area contributed by atoms with Gasteiger partial charge in [-0.25, -0.2) is 0 Å². The summed E-state index contributed by atoms with van der Waals surface area (Å²) in [5.74, 6) is 0.300. The third kappa shape index (κ3) is 2.60. The van der Waals surface area contributed by atoms with E-state index in [0.29, 0.717) is 5.75 Å². The van der Waals surface area contributed by atoms with Gasteiger partial charge in [0.2, 0.25) is 0 Å². The van der Waals surface area contributed by atoms with Crippen molar-refractivity contribution in [3.8, 4) is 5.75 Å². The second kappa shape index (κ2) is 4.61. The van der Waals surface area contributed by atoms with Crippen molar-refractivity contribution in [1.29, 1.82) is 0 Å². The summed E-state index contributed by atoms with van der Waals surface area (Å²) in [5.41, 5.74) is 1.01. The molecule has 0 aliphatic rings. The number of anilines is 1. The van der Waals surface area contributed by atoms with Crippen LogP contribution in [0, 0.1) is 0 Å². The molecular weight excluding hydrogens is 137 g/mol. The predicted molar refractivity (Wildman–Crippen MR) is 38.8 cm³/mol. The molecule has 0 heterocycles. The normalized spacial score (nSPS) is 8.10. The van der Waals surface area contributed by atoms with E-state index in [0.717, 1.165) is 5.69 Å². The molecule has 0 saturated carbocycles. The van der Waals surface area contributed by atoms with Gasteiger partial charge in [-0.05, 0) is 24.3 Å². The standard InChI is InChI=1S/C7H9NO.Na.H/c1-8-6-2-4-7(9)5-3-6;;/h2-5,8-9H,1H3;;/q;+1;-1. The van der Waals surface area contributed by atoms with Crippen LogP contribution < -0.4 is 34.9 Å². The predicted octanol–water partition coefficient (Wildman–Crippen LogP) is -1.45. The average Bonchev–Trinajstić information content (AvgIpc) is 1.90. The Hall–Kier alpha value is -0.180. The number of benzene rings is 1. The van der Waals surface area contributed by atoms with Gasteiger partial charge in [0.15, 0.2) is 0 Å². The first-order chi connectivity index (χ1) is 4.33. The largest absolute Gasteiger partial charge is 1.00 e. The average molecular weight is 147 g/mol. The van der Waals surface area contributed by atoms with Gasteiger partial charge >= 0.3 is 29.6 Å². The Morgan fingerprint density at radius 2 is 1.80 bits per heavy atom. The van der Waals surface area contributed by atoms with E-state index in [1.54, 1.807) is 12.1 Å². The number of rotatable bonds is 1. The Morgan fingerprint density at radius 3 is 2.20 bits per heavy atom. The maximum Gasteiger partial charge on any atom is 1.00 e. The molecular formula is C7H10NNaO. The molecule has 10 heavy (non-hydrogen) atoms. The van der Waals surface area contributed by atoms with Gasteiger partial charge in [-0.1, -0.05) is 0 Å². The van der Waals surface area contributed by atoms with Gasteiger partial charge in [0.05, 0.1) is 0 Å². The molecule has 0 amide bonds. The molecule has 0 aliphatic carbocycles. The Bertz CT molecular complexity index is 190. The first kappa shape index (κ1) is 9.82. The number of nitrogens with one attached hydrogen (secondary N) is 1. The van der Waals surface area contributed by atoms with E-state index in [-0.39, 0.29) is 31.0 Å². The maximum absolute atomic E-state index is 8.82. The first-order valence-electron chi connectivity index (χ1n) is 2.79. The minimum Gasteiger partial charge on any atom is -1.00 e. The van der Waals surface area contributed by atoms with E-state index in [9.17, 15) is 0 Å². The summed E-state index contributed by atoms with van der Waals surface area (Å²) in [6, 6.07) is 6.92. The monoisotopic (exact) mass is 147 g/mol. The zero-order chi connectivity index (χ0) is 6.69. The van der Waals surface area contributed by atoms with Crippen molar-refractivity contribution in [2.75, 3.05) is 12.4 Å². The second-order valence-electron chi connectivity index (χ2n) is 1.80. The Labute approximate surface area is 84.0 Å². The Kier molecular flexibility index (Phi) is 4.52. The summed E-state index contributed by atoms with van der Waals surface area (Å²) in [4.78, 5) is 0. The summed E-state index contributed by atoms with van der Waals surface area (Å²) >= 11 is 0. The van der Waals surface area contributed by atoms with Crippen LogP contribution in [0.15, 0.2) is 24.3 Å². The molecule has 0 atom stereocenters. The third-order valence-electron chi connectivity index (χ3n) is 1.16. The molecule has 0 fully saturated rings. The van der Waals surface area contributed by atoms with E-state index < -0.39 is 0 Å². The van der Waals surface area contributed by atoms with Crippen LogP contribution in [-0.2, 0) is 0 Å². The smallest absolute Gasteiger partial charge is 1.00 e. The zero-order valence-electron chi connectivity index (χ0n) is 7.26. The van der Waals surface area contributed by atoms with Crippen molar-refractivity contribution in [2.45, 2.75) is 0 Å². The Morgan fingerprint density at radius 1 is 1.30 bits per heavy atom. The molecule has 1 rings (SSSR count). The van der Waals surface area contributed by atoms with Crippen LogP contribution in [0.1, 0.15) is 1.43 Å². The van der Waals surface area contributed by atoms with Gasteiger partial charge in [0.25, 0.3) is 0 Å². The number of hydrogen-bond donors (Lipinski definition) is 2. The van der Waals surface area contributed by atoms with Crippen molar-refractivity contribution in [2.24, 2.45) is 0 Å². The van der Waals surface area contributed by atoms with Crippen LogP contribution in [0.25, 0.3) is 0 Å². The van der Waals surface area contributed by atoms with Crippen molar-refractivity contribution in [1.82, 2.24) is 0 Å². The zero-order valence-corrected chi connectivity index (χ0v) is 8.26. The number of hydrogen-bond acceptors (Lipinski definition) is 2. The molecule has 0 spiro atoms. The molecule has 50 valence electrons. The van der Waals surface area contributed by atoms with Crippen molar-refractivity contribution < 1.29 is 36.1 Å². The minimum atomic E-state index is 0. The number of phenols is 1. The van der Waals surface area contributed by atoms with Crippen molar-refractivity contribution in [3.63, 3.8) is 0 Å². The van der Waals surface area contributed by atoms with Crippen molar-refractivity contribution >= 4 is 5.69 Å². The van der Waals surface area contributed by atoms with Crippen LogP contribution in [0.3, 0.4) is 0 Å². The number of phenolic OH excluding ortho intramolecular Hbond substituents is 1. The molecule has 0 unspecified atom stereocenters. The molecule has 0 aliphatic heterocycles. The molecule has 0 bridgehead atoms. The van der Waals surface area contributed by atoms with Gasteiger partial charge in [0.1, 0.15) is 5.75 Å². The topological polar surface area (TPSA) is 32.3 Å². The quantitative estimate of drug-likeness (QED) is 0.376. The van der Waals surface area contributed by atoms with E-state index >= 15 is 0 Å². The third-order valence-corrected chi connectivity index (χ3v) is 1.16. The maximum atomic E-state index is 8.82. The summed E-state index contributed by atoms with van der Waals surface area (Å²) < 4.78 is 0. The molecule has 0 saturated heterocycles. The van der Waals surface area contributed by atoms with Crippen LogP contribution in [-0.4, -0.2) is 12.2 Å². The molecule has 2 nitrogen and oxygen atoms in total. The first-order valence-corrected chi connectivity index (χ1v) is 2.79. The Balaban J connectivity index is 0. The van der Waals surface area contributed by atoms with E-state index in [1.807, 2.05) is 19.2 Å². The van der Waals surface area contributed by atoms with Gasteiger partial charge < -0.3 is 11.8 Å². The van der Waals surface area contributed by atoms with Crippen LogP contribution in [0.4, 0.5) is 5.69 Å². The summed E-state index contributed by atoms with van der Waals surface area (Å²) in [6.07, 6.45) is 0. The van der Waals surface area contributed by atoms with E-state index in [2.05, 4.69) is 5.32 Å². The molecule has 1 aromatic rings. The molecule has 0 radical (unpaired) electrons. The molecule has 0 aromatic heterocycles. The van der Waals surface area contributed by atoms with Crippen LogP contribution >= 0.6 is 0 Å². The van der Waals surface area contributed by atoms with Crippen LogP contribution in [0.5, 0.6) is 5.75 Å². The summed E-state index contributed by atoms with van der Waals surface area (Å²) in [7, 11) is 1.84. The van der Waals surface area contributed by atoms with Crippen LogP contribution in [0.2, 0.25) is 0 Å². The van der Waals surface area contributed by atoms with Gasteiger partial charge in [-0.3, -0.25) is 0 Å². The minimum absolute atomic E-state index is 0. The number of aromatic hydroxyl groups is 1. The summed E-state index contributed by atoms with van der Waals surface area (Å²) in [6.45, 7) is 0. The van der Waals surface area contributed by atoms with Crippen molar-refractivity contribution in [3.05, 3.63) is 24.3 Å². The van der Waals surface area contributed by atoms with E-state index in [4.69, 9.17) is 5.11 Å².